The fourth-order valence-corrected chi connectivity index (χ4v) is 4.44. The molecule has 0 radical (unpaired) electrons. The molecule has 0 atom stereocenters. The molecule has 26 heavy (non-hydrogen) atoms. The van der Waals surface area contributed by atoms with E-state index in [1.54, 1.807) is 16.2 Å². The van der Waals surface area contributed by atoms with E-state index >= 15 is 0 Å². The smallest absolute Gasteiger partial charge is 0.270 e. The maximum absolute atomic E-state index is 12.8. The van der Waals surface area contributed by atoms with Crippen molar-refractivity contribution in [2.75, 3.05) is 33.3 Å². The number of carbonyl (C=O) groups is 1. The topological polar surface area (TPSA) is 75.9 Å². The van der Waals surface area contributed by atoms with Gasteiger partial charge in [-0.3, -0.25) is 19.8 Å². The number of piperazine rings is 1. The van der Waals surface area contributed by atoms with Crippen molar-refractivity contribution in [2.45, 2.75) is 6.54 Å². The van der Waals surface area contributed by atoms with Crippen molar-refractivity contribution in [3.8, 4) is 5.75 Å². The minimum atomic E-state index is -0.507. The summed E-state index contributed by atoms with van der Waals surface area (Å²) in [5, 5.41) is 11.0. The van der Waals surface area contributed by atoms with Crippen LogP contribution in [0.25, 0.3) is 0 Å². The summed E-state index contributed by atoms with van der Waals surface area (Å²) in [6.45, 7) is 3.55. The molecule has 0 N–H and O–H groups in total. The van der Waals surface area contributed by atoms with Crippen LogP contribution in [0.1, 0.15) is 15.2 Å². The van der Waals surface area contributed by atoms with Gasteiger partial charge in [-0.2, -0.15) is 0 Å². The third-order valence-electron chi connectivity index (χ3n) is 4.29. The normalized spacial score (nSPS) is 15.1. The van der Waals surface area contributed by atoms with E-state index in [9.17, 15) is 14.9 Å². The predicted octanol–water partition coefficient (Wildman–Crippen LogP) is 3.39. The first-order chi connectivity index (χ1) is 12.5. The Hall–Kier alpha value is -1.97. The third-order valence-corrected chi connectivity index (χ3v) is 5.90. The maximum Gasteiger partial charge on any atom is 0.270 e. The van der Waals surface area contributed by atoms with Crippen LogP contribution in [0.2, 0.25) is 0 Å². The molecule has 1 aromatic heterocycles. The van der Waals surface area contributed by atoms with Gasteiger partial charge in [-0.1, -0.05) is 0 Å². The zero-order valence-corrected chi connectivity index (χ0v) is 16.6. The van der Waals surface area contributed by atoms with Crippen LogP contribution < -0.4 is 4.74 Å². The van der Waals surface area contributed by atoms with Crippen LogP contribution >= 0.6 is 27.3 Å². The first-order valence-corrected chi connectivity index (χ1v) is 9.67. The van der Waals surface area contributed by atoms with Gasteiger partial charge < -0.3 is 9.64 Å². The second-order valence-corrected chi connectivity index (χ2v) is 8.46. The highest BCUT2D eigenvalue weighted by atomic mass is 79.9. The Balaban J connectivity index is 1.66. The molecule has 0 bridgehead atoms. The molecule has 1 amide bonds. The largest absolute Gasteiger partial charge is 0.496 e. The molecule has 3 rings (SSSR count). The predicted molar refractivity (Wildman–Crippen MR) is 103 cm³/mol. The number of hydrogen-bond donors (Lipinski definition) is 0. The van der Waals surface area contributed by atoms with Crippen molar-refractivity contribution in [1.29, 1.82) is 0 Å². The Morgan fingerprint density at radius 1 is 1.27 bits per heavy atom. The van der Waals surface area contributed by atoms with E-state index in [1.165, 1.54) is 30.2 Å². The summed E-state index contributed by atoms with van der Waals surface area (Å²) in [6, 6.07) is 8.23. The number of thiophene rings is 1. The van der Waals surface area contributed by atoms with Gasteiger partial charge in [-0.15, -0.1) is 11.3 Å². The van der Waals surface area contributed by atoms with Crippen LogP contribution in [-0.4, -0.2) is 53.9 Å². The number of halogens is 1. The molecule has 1 aromatic carbocycles. The number of non-ortho nitro benzene ring substituents is 1. The SMILES string of the molecule is COc1ccc([N+](=O)[O-])cc1C(=O)N1CCN(Cc2ccc(Br)s2)CC1. The molecular weight excluding hydrogens is 422 g/mol. The van der Waals surface area contributed by atoms with E-state index in [4.69, 9.17) is 4.74 Å². The molecule has 1 aliphatic heterocycles. The Kier molecular flexibility index (Phi) is 5.90. The molecule has 1 aliphatic rings. The van der Waals surface area contributed by atoms with E-state index in [0.29, 0.717) is 18.8 Å². The van der Waals surface area contributed by atoms with Gasteiger partial charge in [0.05, 0.1) is 21.4 Å². The minimum Gasteiger partial charge on any atom is -0.496 e. The lowest BCUT2D eigenvalue weighted by Crippen LogP contribution is -2.48. The molecule has 9 heteroatoms. The van der Waals surface area contributed by atoms with Crippen molar-refractivity contribution in [1.82, 2.24) is 9.80 Å². The number of benzene rings is 1. The number of ether oxygens (including phenoxy) is 1. The third kappa shape index (κ3) is 4.22. The minimum absolute atomic E-state index is 0.115. The first kappa shape index (κ1) is 18.8. The molecule has 7 nitrogen and oxygen atoms in total. The quantitative estimate of drug-likeness (QED) is 0.527. The molecule has 2 aromatic rings. The number of methoxy groups -OCH3 is 1. The van der Waals surface area contributed by atoms with E-state index in [-0.39, 0.29) is 17.2 Å². The Morgan fingerprint density at radius 3 is 2.58 bits per heavy atom. The summed E-state index contributed by atoms with van der Waals surface area (Å²) in [4.78, 5) is 28.6. The van der Waals surface area contributed by atoms with Gasteiger partial charge in [0.15, 0.2) is 0 Å². The number of hydrogen-bond acceptors (Lipinski definition) is 6. The molecule has 0 aliphatic carbocycles. The highest BCUT2D eigenvalue weighted by Gasteiger charge is 2.26. The lowest BCUT2D eigenvalue weighted by atomic mass is 10.1. The summed E-state index contributed by atoms with van der Waals surface area (Å²) in [7, 11) is 1.45. The summed E-state index contributed by atoms with van der Waals surface area (Å²) < 4.78 is 6.32. The Morgan fingerprint density at radius 2 is 2.00 bits per heavy atom. The van der Waals surface area contributed by atoms with Crippen LogP contribution in [0.5, 0.6) is 5.75 Å². The number of carbonyl (C=O) groups excluding carboxylic acids is 1. The van der Waals surface area contributed by atoms with Gasteiger partial charge in [-0.25, -0.2) is 0 Å². The summed E-state index contributed by atoms with van der Waals surface area (Å²) in [5.41, 5.74) is 0.119. The number of nitro groups is 1. The van der Waals surface area contributed by atoms with Crippen molar-refractivity contribution < 1.29 is 14.5 Å². The first-order valence-electron chi connectivity index (χ1n) is 8.06. The highest BCUT2D eigenvalue weighted by molar-refractivity contribution is 9.11. The van der Waals surface area contributed by atoms with Gasteiger partial charge in [-0.05, 0) is 34.1 Å². The number of rotatable bonds is 5. The number of nitrogens with zero attached hydrogens (tertiary/aromatic N) is 3. The van der Waals surface area contributed by atoms with Crippen LogP contribution in [0.4, 0.5) is 5.69 Å². The zero-order chi connectivity index (χ0) is 18.7. The summed E-state index contributed by atoms with van der Waals surface area (Å²) in [5.74, 6) is 0.121. The second kappa shape index (κ2) is 8.15. The molecule has 2 heterocycles. The van der Waals surface area contributed by atoms with Crippen LogP contribution in [0.15, 0.2) is 34.1 Å². The van der Waals surface area contributed by atoms with E-state index < -0.39 is 4.92 Å². The van der Waals surface area contributed by atoms with Gasteiger partial charge >= 0.3 is 0 Å². The Bertz CT molecular complexity index is 818. The van der Waals surface area contributed by atoms with E-state index in [1.807, 2.05) is 6.07 Å². The molecule has 0 spiro atoms. The average molecular weight is 440 g/mol. The summed E-state index contributed by atoms with van der Waals surface area (Å²) in [6.07, 6.45) is 0. The molecule has 138 valence electrons. The lowest BCUT2D eigenvalue weighted by Gasteiger charge is -2.34. The monoisotopic (exact) mass is 439 g/mol. The number of nitro benzene ring substituents is 1. The van der Waals surface area contributed by atoms with Crippen molar-refractivity contribution in [3.05, 3.63) is 54.7 Å². The average Bonchev–Trinajstić information content (AvgIpc) is 3.06. The van der Waals surface area contributed by atoms with Gasteiger partial charge in [0.25, 0.3) is 11.6 Å². The van der Waals surface area contributed by atoms with Gasteiger partial charge in [0, 0.05) is 49.7 Å². The lowest BCUT2D eigenvalue weighted by molar-refractivity contribution is -0.384. The molecule has 1 fully saturated rings. The van der Waals surface area contributed by atoms with Crippen molar-refractivity contribution in [2.24, 2.45) is 0 Å². The zero-order valence-electron chi connectivity index (χ0n) is 14.2. The fourth-order valence-electron chi connectivity index (χ4n) is 2.91. The number of amides is 1. The Labute approximate surface area is 163 Å². The van der Waals surface area contributed by atoms with Crippen LogP contribution in [0, 0.1) is 10.1 Å². The van der Waals surface area contributed by atoms with Crippen LogP contribution in [-0.2, 0) is 6.54 Å². The second-order valence-electron chi connectivity index (χ2n) is 5.92. The molecule has 1 saturated heterocycles. The van der Waals surface area contributed by atoms with Gasteiger partial charge in [0.2, 0.25) is 0 Å². The van der Waals surface area contributed by atoms with E-state index in [2.05, 4.69) is 26.9 Å². The van der Waals surface area contributed by atoms with Crippen molar-refractivity contribution >= 4 is 38.9 Å². The molecule has 0 unspecified atom stereocenters. The molecular formula is C17H18BrN3O4S. The standard InChI is InChI=1S/C17H18BrN3O4S/c1-25-15-4-2-12(21(23)24)10-14(15)17(22)20-8-6-19(7-9-20)11-13-3-5-16(18)26-13/h2-5,10H,6-9,11H2,1H3. The van der Waals surface area contributed by atoms with Crippen molar-refractivity contribution in [3.63, 3.8) is 0 Å². The fraction of sp³-hybridized carbons (Fsp3) is 0.353. The van der Waals surface area contributed by atoms with Gasteiger partial charge in [0.1, 0.15) is 5.75 Å². The maximum atomic E-state index is 12.8. The highest BCUT2D eigenvalue weighted by Crippen LogP contribution is 2.27. The van der Waals surface area contributed by atoms with Crippen LogP contribution in [0.3, 0.4) is 0 Å². The van der Waals surface area contributed by atoms with E-state index in [0.717, 1.165) is 23.4 Å². The molecule has 0 saturated carbocycles. The summed E-state index contributed by atoms with van der Waals surface area (Å²) >= 11 is 5.18.